The molecule has 1 fully saturated rings. The lowest BCUT2D eigenvalue weighted by molar-refractivity contribution is -0.163. The largest absolute Gasteiger partial charge is 0.489 e. The maximum Gasteiger partial charge on any atom is 0.324 e. The van der Waals surface area contributed by atoms with Crippen LogP contribution in [0.1, 0.15) is 17.9 Å². The molecule has 0 bridgehead atoms. The molecule has 6 nitrogen and oxygen atoms in total. The Hall–Kier alpha value is -3.41. The molecule has 0 amide bonds. The summed E-state index contributed by atoms with van der Waals surface area (Å²) >= 11 is 0. The molecule has 2 atom stereocenters. The van der Waals surface area contributed by atoms with E-state index >= 15 is 0 Å². The van der Waals surface area contributed by atoms with Gasteiger partial charge in [-0.05, 0) is 30.2 Å². The second kappa shape index (κ2) is 7.91. The van der Waals surface area contributed by atoms with E-state index < -0.39 is 17.4 Å². The van der Waals surface area contributed by atoms with Crippen LogP contribution in [0.4, 0.5) is 0 Å². The molecule has 6 heteroatoms. The molecule has 0 spiro atoms. The second-order valence-corrected chi connectivity index (χ2v) is 6.94. The van der Waals surface area contributed by atoms with Crippen LogP contribution in [-0.4, -0.2) is 37.2 Å². The maximum atomic E-state index is 12.7. The van der Waals surface area contributed by atoms with Crippen molar-refractivity contribution in [1.29, 1.82) is 0 Å². The van der Waals surface area contributed by atoms with Gasteiger partial charge in [-0.2, -0.15) is 0 Å². The summed E-state index contributed by atoms with van der Waals surface area (Å²) in [5.74, 6) is -0.685. The number of carbonyl (C=O) groups is 2. The number of methoxy groups -OCH3 is 1. The predicted molar refractivity (Wildman–Crippen MR) is 106 cm³/mol. The molecule has 1 aromatic heterocycles. The minimum Gasteiger partial charge on any atom is -0.489 e. The Morgan fingerprint density at radius 3 is 2.55 bits per heavy atom. The Bertz CT molecular complexity index is 1030. The highest BCUT2D eigenvalue weighted by Gasteiger charge is 2.68. The predicted octanol–water partition coefficient (Wildman–Crippen LogP) is 3.50. The van der Waals surface area contributed by atoms with E-state index in [1.807, 2.05) is 54.6 Å². The molecular formula is C23H21NO5. The number of pyridine rings is 1. The van der Waals surface area contributed by atoms with Crippen molar-refractivity contribution in [2.45, 2.75) is 12.3 Å². The van der Waals surface area contributed by atoms with E-state index in [9.17, 15) is 9.59 Å². The third kappa shape index (κ3) is 3.53. The van der Waals surface area contributed by atoms with E-state index in [0.717, 1.165) is 16.5 Å². The Balaban J connectivity index is 1.39. The van der Waals surface area contributed by atoms with Crippen molar-refractivity contribution in [3.05, 3.63) is 72.4 Å². The zero-order chi connectivity index (χ0) is 20.3. The van der Waals surface area contributed by atoms with Gasteiger partial charge in [0.1, 0.15) is 19.0 Å². The Morgan fingerprint density at radius 2 is 1.76 bits per heavy atom. The molecule has 0 radical (unpaired) electrons. The summed E-state index contributed by atoms with van der Waals surface area (Å²) in [6, 6.07) is 18.9. The monoisotopic (exact) mass is 391 g/mol. The van der Waals surface area contributed by atoms with Gasteiger partial charge in [0.25, 0.3) is 0 Å². The van der Waals surface area contributed by atoms with Gasteiger partial charge in [-0.25, -0.2) is 0 Å². The van der Waals surface area contributed by atoms with Gasteiger partial charge in [-0.3, -0.25) is 14.6 Å². The lowest BCUT2D eigenvalue weighted by Crippen LogP contribution is -2.31. The SMILES string of the molecule is COC(=O)C1(C(=O)OCCOc2ccnc3ccccc23)CC1c1ccccc1. The van der Waals surface area contributed by atoms with Crippen LogP contribution in [0.3, 0.4) is 0 Å². The fraction of sp³-hybridized carbons (Fsp3) is 0.261. The normalized spacial score (nSPS) is 20.1. The van der Waals surface area contributed by atoms with Crippen LogP contribution in [0.25, 0.3) is 10.9 Å². The van der Waals surface area contributed by atoms with Gasteiger partial charge < -0.3 is 14.2 Å². The standard InChI is InChI=1S/C23H21NO5/c1-27-21(25)23(15-18(23)16-7-3-2-4-8-16)22(26)29-14-13-28-20-11-12-24-19-10-6-5-9-17(19)20/h2-12,18H,13-15H2,1H3. The number of nitrogens with zero attached hydrogens (tertiary/aromatic N) is 1. The van der Waals surface area contributed by atoms with Crippen molar-refractivity contribution in [1.82, 2.24) is 4.98 Å². The average Bonchev–Trinajstić information content (AvgIpc) is 3.54. The molecule has 2 unspecified atom stereocenters. The summed E-state index contributed by atoms with van der Waals surface area (Å²) in [5, 5.41) is 0.888. The first-order valence-electron chi connectivity index (χ1n) is 9.44. The number of rotatable bonds is 7. The molecule has 0 N–H and O–H groups in total. The molecular weight excluding hydrogens is 370 g/mol. The van der Waals surface area contributed by atoms with Gasteiger partial charge in [0, 0.05) is 17.5 Å². The summed E-state index contributed by atoms with van der Waals surface area (Å²) < 4.78 is 16.1. The molecule has 4 rings (SSSR count). The number of carbonyl (C=O) groups excluding carboxylic acids is 2. The van der Waals surface area contributed by atoms with Crippen molar-refractivity contribution in [3.63, 3.8) is 0 Å². The summed E-state index contributed by atoms with van der Waals surface area (Å²) in [6.45, 7) is 0.211. The Morgan fingerprint density at radius 1 is 1.00 bits per heavy atom. The zero-order valence-corrected chi connectivity index (χ0v) is 16.0. The van der Waals surface area contributed by atoms with Gasteiger partial charge in [-0.15, -0.1) is 0 Å². The zero-order valence-electron chi connectivity index (χ0n) is 16.0. The fourth-order valence-electron chi connectivity index (χ4n) is 3.68. The highest BCUT2D eigenvalue weighted by molar-refractivity contribution is 6.05. The van der Waals surface area contributed by atoms with E-state index in [1.165, 1.54) is 7.11 Å². The minimum atomic E-state index is -1.26. The van der Waals surface area contributed by atoms with Crippen LogP contribution < -0.4 is 4.74 Å². The molecule has 0 aliphatic heterocycles. The van der Waals surface area contributed by atoms with Crippen molar-refractivity contribution in [2.24, 2.45) is 5.41 Å². The quantitative estimate of drug-likeness (QED) is 0.349. The number of benzene rings is 2. The van der Waals surface area contributed by atoms with Crippen LogP contribution in [0, 0.1) is 5.41 Å². The van der Waals surface area contributed by atoms with Crippen LogP contribution >= 0.6 is 0 Å². The summed E-state index contributed by atoms with van der Waals surface area (Å²) in [7, 11) is 1.29. The Labute approximate surface area is 168 Å². The van der Waals surface area contributed by atoms with Crippen molar-refractivity contribution < 1.29 is 23.8 Å². The van der Waals surface area contributed by atoms with E-state index in [4.69, 9.17) is 14.2 Å². The molecule has 1 saturated carbocycles. The number of para-hydroxylation sites is 1. The molecule has 0 saturated heterocycles. The highest BCUT2D eigenvalue weighted by Crippen LogP contribution is 2.60. The molecule has 1 aliphatic rings. The number of ether oxygens (including phenoxy) is 3. The van der Waals surface area contributed by atoms with Crippen LogP contribution in [0.15, 0.2) is 66.9 Å². The summed E-state index contributed by atoms with van der Waals surface area (Å²) in [5.41, 5.74) is 0.490. The smallest absolute Gasteiger partial charge is 0.324 e. The number of fused-ring (bicyclic) bond motifs is 1. The van der Waals surface area contributed by atoms with Crippen molar-refractivity contribution in [3.8, 4) is 5.75 Å². The number of hydrogen-bond acceptors (Lipinski definition) is 6. The van der Waals surface area contributed by atoms with Crippen LogP contribution in [-0.2, 0) is 19.1 Å². The molecule has 1 heterocycles. The van der Waals surface area contributed by atoms with E-state index in [0.29, 0.717) is 12.2 Å². The second-order valence-electron chi connectivity index (χ2n) is 6.94. The van der Waals surface area contributed by atoms with Gasteiger partial charge in [0.05, 0.1) is 12.6 Å². The van der Waals surface area contributed by atoms with Crippen molar-refractivity contribution >= 4 is 22.8 Å². The number of aromatic nitrogens is 1. The van der Waals surface area contributed by atoms with E-state index in [-0.39, 0.29) is 19.1 Å². The van der Waals surface area contributed by atoms with Crippen molar-refractivity contribution in [2.75, 3.05) is 20.3 Å². The molecule has 148 valence electrons. The topological polar surface area (TPSA) is 74.7 Å². The average molecular weight is 391 g/mol. The first-order chi connectivity index (χ1) is 14.2. The van der Waals surface area contributed by atoms with Crippen LogP contribution in [0.2, 0.25) is 0 Å². The number of hydrogen-bond donors (Lipinski definition) is 0. The van der Waals surface area contributed by atoms with E-state index in [2.05, 4.69) is 4.98 Å². The summed E-state index contributed by atoms with van der Waals surface area (Å²) in [6.07, 6.45) is 2.06. The highest BCUT2D eigenvalue weighted by atomic mass is 16.6. The number of esters is 2. The third-order valence-electron chi connectivity index (χ3n) is 5.26. The molecule has 29 heavy (non-hydrogen) atoms. The first-order valence-corrected chi connectivity index (χ1v) is 9.44. The van der Waals surface area contributed by atoms with Crippen LogP contribution in [0.5, 0.6) is 5.75 Å². The Kier molecular flexibility index (Phi) is 5.16. The fourth-order valence-corrected chi connectivity index (χ4v) is 3.68. The minimum absolute atomic E-state index is 0.0374. The van der Waals surface area contributed by atoms with Gasteiger partial charge in [0.2, 0.25) is 0 Å². The molecule has 2 aromatic carbocycles. The summed E-state index contributed by atoms with van der Waals surface area (Å²) in [4.78, 5) is 29.4. The van der Waals surface area contributed by atoms with E-state index in [1.54, 1.807) is 12.3 Å². The lowest BCUT2D eigenvalue weighted by atomic mass is 9.99. The third-order valence-corrected chi connectivity index (χ3v) is 5.26. The first kappa shape index (κ1) is 18.9. The lowest BCUT2D eigenvalue weighted by Gasteiger charge is -2.15. The maximum absolute atomic E-state index is 12.7. The van der Waals surface area contributed by atoms with Gasteiger partial charge in [-0.1, -0.05) is 42.5 Å². The molecule has 3 aromatic rings. The van der Waals surface area contributed by atoms with Gasteiger partial charge in [0.15, 0.2) is 5.41 Å². The van der Waals surface area contributed by atoms with Gasteiger partial charge >= 0.3 is 11.9 Å². The molecule has 1 aliphatic carbocycles.